The first-order valence-electron chi connectivity index (χ1n) is 6.22. The largest absolute Gasteiger partial charge is 0.316 e. The Morgan fingerprint density at radius 3 is 2.78 bits per heavy atom. The van der Waals surface area contributed by atoms with E-state index in [0.29, 0.717) is 5.92 Å². The van der Waals surface area contributed by atoms with Crippen LogP contribution in [-0.2, 0) is 0 Å². The molecule has 0 bridgehead atoms. The van der Waals surface area contributed by atoms with E-state index >= 15 is 0 Å². The molecule has 0 aliphatic carbocycles. The molecule has 1 fully saturated rings. The van der Waals surface area contributed by atoms with Crippen LogP contribution in [0.1, 0.15) is 24.6 Å². The van der Waals surface area contributed by atoms with Crippen LogP contribution in [0.3, 0.4) is 0 Å². The monoisotopic (exact) mass is 262 g/mol. The van der Waals surface area contributed by atoms with Crippen molar-refractivity contribution in [1.29, 1.82) is 0 Å². The van der Waals surface area contributed by atoms with Crippen LogP contribution < -0.4 is 5.32 Å². The maximum absolute atomic E-state index is 5.87. The summed E-state index contributed by atoms with van der Waals surface area (Å²) in [7, 11) is 0. The topological polar surface area (TPSA) is 53.6 Å². The number of hydrogen-bond donors (Lipinski definition) is 2. The van der Waals surface area contributed by atoms with Crippen LogP contribution in [-0.4, -0.2) is 28.3 Å². The average Bonchev–Trinajstić information content (AvgIpc) is 2.90. The van der Waals surface area contributed by atoms with Gasteiger partial charge in [0, 0.05) is 23.0 Å². The molecule has 1 unspecified atom stereocenters. The lowest BCUT2D eigenvalue weighted by atomic mass is 9.99. The Balaban J connectivity index is 1.82. The summed E-state index contributed by atoms with van der Waals surface area (Å²) in [5, 5.41) is 11.5. The van der Waals surface area contributed by atoms with Gasteiger partial charge >= 0.3 is 0 Å². The minimum absolute atomic E-state index is 0.451. The summed E-state index contributed by atoms with van der Waals surface area (Å²) in [4.78, 5) is 4.58. The summed E-state index contributed by atoms with van der Waals surface area (Å²) in [5.41, 5.74) is 0.991. The minimum atomic E-state index is 0.451. The molecule has 1 atom stereocenters. The quantitative estimate of drug-likeness (QED) is 0.875. The van der Waals surface area contributed by atoms with Gasteiger partial charge in [0.25, 0.3) is 0 Å². The van der Waals surface area contributed by atoms with Crippen LogP contribution >= 0.6 is 11.6 Å². The van der Waals surface area contributed by atoms with Crippen LogP contribution in [0.2, 0.25) is 5.02 Å². The molecule has 0 spiro atoms. The fourth-order valence-electron chi connectivity index (χ4n) is 2.27. The molecule has 1 aliphatic rings. The molecular weight excluding hydrogens is 248 g/mol. The van der Waals surface area contributed by atoms with E-state index in [4.69, 9.17) is 11.6 Å². The Morgan fingerprint density at radius 2 is 2.06 bits per heavy atom. The van der Waals surface area contributed by atoms with Gasteiger partial charge in [0.15, 0.2) is 5.82 Å². The van der Waals surface area contributed by atoms with Gasteiger partial charge in [0.2, 0.25) is 0 Å². The standard InChI is InChI=1S/C13H15ClN4/c14-11-5-3-9(4-6-11)12-16-13(18-17-12)10-2-1-7-15-8-10/h3-6,10,15H,1-2,7-8H2,(H,16,17,18). The molecule has 5 heteroatoms. The van der Waals surface area contributed by atoms with E-state index < -0.39 is 0 Å². The van der Waals surface area contributed by atoms with Crippen molar-refractivity contribution in [1.82, 2.24) is 20.5 Å². The van der Waals surface area contributed by atoms with Crippen molar-refractivity contribution in [3.63, 3.8) is 0 Å². The second-order valence-corrected chi connectivity index (χ2v) is 5.03. The molecule has 1 aromatic carbocycles. The molecular formula is C13H15ClN4. The smallest absolute Gasteiger partial charge is 0.181 e. The third-order valence-corrected chi connectivity index (χ3v) is 3.54. The number of aromatic amines is 1. The number of rotatable bonds is 2. The lowest BCUT2D eigenvalue weighted by molar-refractivity contribution is 0.447. The molecule has 1 aliphatic heterocycles. The molecule has 0 saturated carbocycles. The molecule has 18 heavy (non-hydrogen) atoms. The zero-order chi connectivity index (χ0) is 12.4. The van der Waals surface area contributed by atoms with Crippen molar-refractivity contribution in [2.24, 2.45) is 0 Å². The summed E-state index contributed by atoms with van der Waals surface area (Å²) in [6.07, 6.45) is 2.36. The third-order valence-electron chi connectivity index (χ3n) is 3.29. The van der Waals surface area contributed by atoms with Crippen molar-refractivity contribution < 1.29 is 0 Å². The van der Waals surface area contributed by atoms with Gasteiger partial charge in [-0.05, 0) is 43.7 Å². The summed E-state index contributed by atoms with van der Waals surface area (Å²) < 4.78 is 0. The van der Waals surface area contributed by atoms with Crippen molar-refractivity contribution in [3.8, 4) is 11.4 Å². The SMILES string of the molecule is Clc1ccc(-c2n[nH]c(C3CCCNC3)n2)cc1. The molecule has 2 heterocycles. The molecule has 3 rings (SSSR count). The molecule has 1 aromatic heterocycles. The fourth-order valence-corrected chi connectivity index (χ4v) is 2.40. The Hall–Kier alpha value is -1.39. The van der Waals surface area contributed by atoms with Gasteiger partial charge in [0.05, 0.1) is 0 Å². The van der Waals surface area contributed by atoms with Crippen LogP contribution in [0.25, 0.3) is 11.4 Å². The summed E-state index contributed by atoms with van der Waals surface area (Å²) in [6.45, 7) is 2.09. The number of benzene rings is 1. The highest BCUT2D eigenvalue weighted by Gasteiger charge is 2.19. The van der Waals surface area contributed by atoms with Crippen molar-refractivity contribution in [2.45, 2.75) is 18.8 Å². The van der Waals surface area contributed by atoms with E-state index in [1.165, 1.54) is 12.8 Å². The number of hydrogen-bond acceptors (Lipinski definition) is 3. The Morgan fingerprint density at radius 1 is 1.22 bits per heavy atom. The zero-order valence-corrected chi connectivity index (χ0v) is 10.7. The highest BCUT2D eigenvalue weighted by molar-refractivity contribution is 6.30. The first-order valence-corrected chi connectivity index (χ1v) is 6.60. The molecule has 94 valence electrons. The van der Waals surface area contributed by atoms with E-state index in [9.17, 15) is 0 Å². The van der Waals surface area contributed by atoms with Gasteiger partial charge in [-0.3, -0.25) is 5.10 Å². The molecule has 4 nitrogen and oxygen atoms in total. The van der Waals surface area contributed by atoms with Crippen molar-refractivity contribution in [3.05, 3.63) is 35.1 Å². The van der Waals surface area contributed by atoms with Crippen LogP contribution in [0, 0.1) is 0 Å². The minimum Gasteiger partial charge on any atom is -0.316 e. The maximum atomic E-state index is 5.87. The van der Waals surface area contributed by atoms with E-state index in [1.54, 1.807) is 0 Å². The number of nitrogens with one attached hydrogen (secondary N) is 2. The lowest BCUT2D eigenvalue weighted by Crippen LogP contribution is -2.28. The second-order valence-electron chi connectivity index (χ2n) is 4.59. The predicted molar refractivity (Wildman–Crippen MR) is 71.7 cm³/mol. The first-order chi connectivity index (χ1) is 8.83. The number of halogens is 1. The molecule has 0 radical (unpaired) electrons. The molecule has 1 saturated heterocycles. The molecule has 2 N–H and O–H groups in total. The molecule has 0 amide bonds. The van der Waals surface area contributed by atoms with Gasteiger partial charge in [0.1, 0.15) is 5.82 Å². The fraction of sp³-hybridized carbons (Fsp3) is 0.385. The normalized spacial score (nSPS) is 19.9. The zero-order valence-electron chi connectivity index (χ0n) is 9.99. The van der Waals surface area contributed by atoms with E-state index in [1.807, 2.05) is 24.3 Å². The first kappa shape index (κ1) is 11.7. The Labute approximate surface area is 111 Å². The van der Waals surface area contributed by atoms with Crippen LogP contribution in [0.4, 0.5) is 0 Å². The second kappa shape index (κ2) is 5.08. The highest BCUT2D eigenvalue weighted by atomic mass is 35.5. The molecule has 2 aromatic rings. The summed E-state index contributed by atoms with van der Waals surface area (Å²) in [6, 6.07) is 7.59. The van der Waals surface area contributed by atoms with Crippen molar-refractivity contribution >= 4 is 11.6 Å². The third kappa shape index (κ3) is 2.40. The number of aromatic nitrogens is 3. The number of nitrogens with zero attached hydrogens (tertiary/aromatic N) is 2. The van der Waals surface area contributed by atoms with E-state index in [0.717, 1.165) is 35.3 Å². The Kier molecular flexibility index (Phi) is 3.30. The van der Waals surface area contributed by atoms with Gasteiger partial charge in [-0.2, -0.15) is 5.10 Å². The van der Waals surface area contributed by atoms with E-state index in [-0.39, 0.29) is 0 Å². The van der Waals surface area contributed by atoms with Crippen molar-refractivity contribution in [2.75, 3.05) is 13.1 Å². The van der Waals surface area contributed by atoms with Gasteiger partial charge in [-0.15, -0.1) is 0 Å². The lowest BCUT2D eigenvalue weighted by Gasteiger charge is -2.20. The highest BCUT2D eigenvalue weighted by Crippen LogP contribution is 2.23. The average molecular weight is 263 g/mol. The van der Waals surface area contributed by atoms with Gasteiger partial charge < -0.3 is 5.32 Å². The number of piperidine rings is 1. The Bertz CT molecular complexity index is 514. The van der Waals surface area contributed by atoms with Crippen LogP contribution in [0.5, 0.6) is 0 Å². The maximum Gasteiger partial charge on any atom is 0.181 e. The number of H-pyrrole nitrogens is 1. The summed E-state index contributed by atoms with van der Waals surface area (Å²) in [5.74, 6) is 2.17. The van der Waals surface area contributed by atoms with Gasteiger partial charge in [-0.25, -0.2) is 4.98 Å². The summed E-state index contributed by atoms with van der Waals surface area (Å²) >= 11 is 5.87. The van der Waals surface area contributed by atoms with Crippen LogP contribution in [0.15, 0.2) is 24.3 Å². The van der Waals surface area contributed by atoms with Gasteiger partial charge in [-0.1, -0.05) is 11.6 Å². The van der Waals surface area contributed by atoms with E-state index in [2.05, 4.69) is 20.5 Å². The predicted octanol–water partition coefficient (Wildman–Crippen LogP) is 2.59.